The Morgan fingerprint density at radius 2 is 2.05 bits per heavy atom. The van der Waals surface area contributed by atoms with E-state index in [1.54, 1.807) is 12.4 Å². The van der Waals surface area contributed by atoms with Gasteiger partial charge in [-0.3, -0.25) is 4.98 Å². The maximum Gasteiger partial charge on any atom is 0.149 e. The Hall–Kier alpha value is -1.20. The predicted octanol–water partition coefficient (Wildman–Crippen LogP) is 3.43. The lowest BCUT2D eigenvalue weighted by molar-refractivity contribution is 0.164. The second-order valence-electron chi connectivity index (χ2n) is 5.29. The molecule has 0 saturated heterocycles. The van der Waals surface area contributed by atoms with Crippen LogP contribution in [0, 0.1) is 0 Å². The smallest absolute Gasteiger partial charge is 0.149 e. The minimum absolute atomic E-state index is 0.0774. The van der Waals surface area contributed by atoms with Gasteiger partial charge in [-0.25, -0.2) is 4.98 Å². The number of halogens is 1. The number of hydrogen-bond acceptors (Lipinski definition) is 4. The lowest BCUT2D eigenvalue weighted by Gasteiger charge is -2.23. The molecule has 1 aliphatic rings. The maximum atomic E-state index is 6.23. The van der Waals surface area contributed by atoms with Gasteiger partial charge in [-0.2, -0.15) is 0 Å². The molecule has 2 atom stereocenters. The lowest BCUT2D eigenvalue weighted by Crippen LogP contribution is -2.37. The molecule has 20 heavy (non-hydrogen) atoms. The van der Waals surface area contributed by atoms with E-state index < -0.39 is 0 Å². The van der Waals surface area contributed by atoms with Crippen LogP contribution in [0.3, 0.4) is 0 Å². The Balaban J connectivity index is 1.90. The van der Waals surface area contributed by atoms with Gasteiger partial charge in [-0.1, -0.05) is 12.8 Å². The zero-order chi connectivity index (χ0) is 13.9. The van der Waals surface area contributed by atoms with E-state index in [0.717, 1.165) is 34.1 Å². The summed E-state index contributed by atoms with van der Waals surface area (Å²) in [7, 11) is 0. The van der Waals surface area contributed by atoms with Crippen molar-refractivity contribution in [2.75, 3.05) is 0 Å². The van der Waals surface area contributed by atoms with E-state index in [2.05, 4.69) is 25.9 Å². The number of ether oxygens (including phenoxy) is 1. The molecule has 0 aliphatic heterocycles. The molecule has 0 bridgehead atoms. The fraction of sp³-hybridized carbons (Fsp3) is 0.467. The van der Waals surface area contributed by atoms with E-state index in [9.17, 15) is 0 Å². The number of pyridine rings is 2. The summed E-state index contributed by atoms with van der Waals surface area (Å²) in [6, 6.07) is 3.93. The van der Waals surface area contributed by atoms with E-state index in [1.165, 1.54) is 19.3 Å². The summed E-state index contributed by atoms with van der Waals surface area (Å²) in [4.78, 5) is 8.75. The zero-order valence-electron chi connectivity index (χ0n) is 11.3. The number of rotatable bonds is 2. The first-order chi connectivity index (χ1) is 9.74. The van der Waals surface area contributed by atoms with Crippen LogP contribution < -0.4 is 10.5 Å². The average Bonchev–Trinajstić information content (AvgIpc) is 2.64. The summed E-state index contributed by atoms with van der Waals surface area (Å²) < 4.78 is 7.08. The minimum atomic E-state index is 0.0774. The number of aromatic nitrogens is 2. The number of nitrogens with two attached hydrogens (primary N) is 1. The van der Waals surface area contributed by atoms with Crippen molar-refractivity contribution < 1.29 is 4.74 Å². The molecular formula is C15H18BrN3O. The Bertz CT molecular complexity index is 605. The Kier molecular flexibility index (Phi) is 4.17. The van der Waals surface area contributed by atoms with Crippen molar-refractivity contribution >= 4 is 27.0 Å². The monoisotopic (exact) mass is 335 g/mol. The molecule has 0 spiro atoms. The van der Waals surface area contributed by atoms with Gasteiger partial charge in [0.25, 0.3) is 0 Å². The summed E-state index contributed by atoms with van der Waals surface area (Å²) in [5, 5.41) is 0. The van der Waals surface area contributed by atoms with Gasteiger partial charge in [-0.15, -0.1) is 0 Å². The van der Waals surface area contributed by atoms with Crippen LogP contribution in [-0.4, -0.2) is 22.1 Å². The van der Waals surface area contributed by atoms with E-state index >= 15 is 0 Å². The molecule has 1 fully saturated rings. The highest BCUT2D eigenvalue weighted by atomic mass is 79.9. The highest BCUT2D eigenvalue weighted by Gasteiger charge is 2.22. The third-order valence-electron chi connectivity index (χ3n) is 3.79. The Labute approximate surface area is 126 Å². The van der Waals surface area contributed by atoms with Gasteiger partial charge < -0.3 is 10.5 Å². The van der Waals surface area contributed by atoms with Gasteiger partial charge in [0, 0.05) is 29.0 Å². The Morgan fingerprint density at radius 1 is 1.20 bits per heavy atom. The molecule has 2 unspecified atom stereocenters. The first-order valence-electron chi connectivity index (χ1n) is 7.06. The van der Waals surface area contributed by atoms with Crippen molar-refractivity contribution in [3.63, 3.8) is 0 Å². The molecular weight excluding hydrogens is 318 g/mol. The molecule has 0 amide bonds. The third-order valence-corrected chi connectivity index (χ3v) is 4.22. The zero-order valence-corrected chi connectivity index (χ0v) is 12.8. The number of nitrogens with zero attached hydrogens (tertiary/aromatic N) is 2. The third kappa shape index (κ3) is 2.94. The van der Waals surface area contributed by atoms with Crippen molar-refractivity contribution in [3.8, 4) is 5.75 Å². The number of fused-ring (bicyclic) bond motifs is 1. The van der Waals surface area contributed by atoms with Crippen LogP contribution in [0.1, 0.15) is 32.1 Å². The van der Waals surface area contributed by atoms with Crippen LogP contribution >= 0.6 is 15.9 Å². The topological polar surface area (TPSA) is 61.0 Å². The molecule has 3 rings (SSSR count). The van der Waals surface area contributed by atoms with Crippen LogP contribution in [0.2, 0.25) is 0 Å². The van der Waals surface area contributed by atoms with Gasteiger partial charge in [0.15, 0.2) is 0 Å². The van der Waals surface area contributed by atoms with Gasteiger partial charge in [-0.05, 0) is 41.3 Å². The fourth-order valence-corrected chi connectivity index (χ4v) is 3.01. The largest absolute Gasteiger partial charge is 0.486 e. The molecule has 2 heterocycles. The van der Waals surface area contributed by atoms with Gasteiger partial charge in [0.05, 0.1) is 5.52 Å². The highest BCUT2D eigenvalue weighted by Crippen LogP contribution is 2.27. The van der Waals surface area contributed by atoms with Crippen LogP contribution in [0.4, 0.5) is 0 Å². The molecule has 0 radical (unpaired) electrons. The van der Waals surface area contributed by atoms with E-state index in [0.29, 0.717) is 0 Å². The van der Waals surface area contributed by atoms with Crippen LogP contribution in [-0.2, 0) is 0 Å². The highest BCUT2D eigenvalue weighted by molar-refractivity contribution is 9.10. The van der Waals surface area contributed by atoms with Crippen molar-refractivity contribution in [3.05, 3.63) is 29.0 Å². The molecule has 2 aromatic rings. The second-order valence-corrected chi connectivity index (χ2v) is 6.20. The Morgan fingerprint density at radius 3 is 2.95 bits per heavy atom. The van der Waals surface area contributed by atoms with Crippen LogP contribution in [0.15, 0.2) is 29.0 Å². The second kappa shape index (κ2) is 6.06. The lowest BCUT2D eigenvalue weighted by atomic mass is 10.1. The van der Waals surface area contributed by atoms with Crippen molar-refractivity contribution in [2.24, 2.45) is 5.73 Å². The van der Waals surface area contributed by atoms with Gasteiger partial charge >= 0.3 is 0 Å². The normalized spacial score (nSPS) is 23.5. The fourth-order valence-electron chi connectivity index (χ4n) is 2.69. The first-order valence-corrected chi connectivity index (χ1v) is 7.86. The predicted molar refractivity (Wildman–Crippen MR) is 82.7 cm³/mol. The maximum absolute atomic E-state index is 6.23. The van der Waals surface area contributed by atoms with E-state index in [1.807, 2.05) is 12.1 Å². The van der Waals surface area contributed by atoms with Crippen molar-refractivity contribution in [1.82, 2.24) is 9.97 Å². The van der Waals surface area contributed by atoms with Crippen molar-refractivity contribution in [2.45, 2.75) is 44.2 Å². The molecule has 106 valence electrons. The summed E-state index contributed by atoms with van der Waals surface area (Å²) in [5.74, 6) is 0.782. The number of hydrogen-bond donors (Lipinski definition) is 1. The average molecular weight is 336 g/mol. The summed E-state index contributed by atoms with van der Waals surface area (Å²) >= 11 is 3.41. The molecule has 1 aliphatic carbocycles. The van der Waals surface area contributed by atoms with Crippen LogP contribution in [0.5, 0.6) is 5.75 Å². The van der Waals surface area contributed by atoms with E-state index in [-0.39, 0.29) is 12.1 Å². The molecule has 4 nitrogen and oxygen atoms in total. The summed E-state index contributed by atoms with van der Waals surface area (Å²) in [6.07, 6.45) is 9.28. The molecule has 0 aromatic carbocycles. The molecule has 2 N–H and O–H groups in total. The molecule has 2 aromatic heterocycles. The van der Waals surface area contributed by atoms with Gasteiger partial charge in [0.1, 0.15) is 17.4 Å². The minimum Gasteiger partial charge on any atom is -0.486 e. The quantitative estimate of drug-likeness (QED) is 0.854. The van der Waals surface area contributed by atoms with Crippen molar-refractivity contribution in [1.29, 1.82) is 0 Å². The first kappa shape index (κ1) is 13.8. The molecule has 1 saturated carbocycles. The molecule has 5 heteroatoms. The summed E-state index contributed by atoms with van der Waals surface area (Å²) in [6.45, 7) is 0. The van der Waals surface area contributed by atoms with E-state index in [4.69, 9.17) is 10.5 Å². The van der Waals surface area contributed by atoms with Gasteiger partial charge in [0.2, 0.25) is 0 Å². The van der Waals surface area contributed by atoms with Crippen LogP contribution in [0.25, 0.3) is 11.0 Å². The SMILES string of the molecule is NC1CCCCCC1Oc1ccnc2cc(Br)cnc12. The summed E-state index contributed by atoms with van der Waals surface area (Å²) in [5.41, 5.74) is 7.86. The standard InChI is InChI=1S/C15H18BrN3O/c16-10-8-12-15(19-9-10)14(6-7-18-12)20-13-5-3-1-2-4-11(13)17/h6-9,11,13H,1-5,17H2.